The highest BCUT2D eigenvalue weighted by molar-refractivity contribution is 9.10. The largest absolute Gasteiger partial charge is 0.490 e. The van der Waals surface area contributed by atoms with Crippen molar-refractivity contribution >= 4 is 15.9 Å². The van der Waals surface area contributed by atoms with Gasteiger partial charge in [0.1, 0.15) is 0 Å². The predicted octanol–water partition coefficient (Wildman–Crippen LogP) is 3.37. The summed E-state index contributed by atoms with van der Waals surface area (Å²) < 4.78 is 17.4. The van der Waals surface area contributed by atoms with Crippen LogP contribution in [0.25, 0.3) is 0 Å². The SMILES string of the molecule is CCOc1cc(CNCCOC)cc(Br)c1OC(C)C. The summed E-state index contributed by atoms with van der Waals surface area (Å²) in [4.78, 5) is 0. The standard InChI is InChI=1S/C15H24BrNO3/c1-5-19-14-9-12(10-17-6-7-18-4)8-13(16)15(14)20-11(2)3/h8-9,11,17H,5-7,10H2,1-4H3. The molecule has 1 rings (SSSR count). The van der Waals surface area contributed by atoms with Crippen molar-refractivity contribution in [3.8, 4) is 11.5 Å². The van der Waals surface area contributed by atoms with Gasteiger partial charge in [0.25, 0.3) is 0 Å². The van der Waals surface area contributed by atoms with Gasteiger partial charge in [0.2, 0.25) is 0 Å². The Morgan fingerprint density at radius 2 is 2.05 bits per heavy atom. The first kappa shape index (κ1) is 17.3. The van der Waals surface area contributed by atoms with E-state index in [-0.39, 0.29) is 6.10 Å². The third kappa shape index (κ3) is 5.69. The van der Waals surface area contributed by atoms with Crippen LogP contribution in [0.4, 0.5) is 0 Å². The Bertz CT molecular complexity index is 410. The fourth-order valence-corrected chi connectivity index (χ4v) is 2.33. The minimum Gasteiger partial charge on any atom is -0.490 e. The van der Waals surface area contributed by atoms with E-state index in [0.29, 0.717) is 13.2 Å². The van der Waals surface area contributed by atoms with Gasteiger partial charge in [-0.15, -0.1) is 0 Å². The Kier molecular flexibility index (Phi) is 7.95. The zero-order valence-corrected chi connectivity index (χ0v) is 14.2. The summed E-state index contributed by atoms with van der Waals surface area (Å²) in [6.45, 7) is 8.88. The second kappa shape index (κ2) is 9.21. The van der Waals surface area contributed by atoms with Gasteiger partial charge < -0.3 is 19.5 Å². The zero-order valence-electron chi connectivity index (χ0n) is 12.7. The van der Waals surface area contributed by atoms with E-state index < -0.39 is 0 Å². The van der Waals surface area contributed by atoms with Gasteiger partial charge in [-0.05, 0) is 54.4 Å². The van der Waals surface area contributed by atoms with E-state index in [9.17, 15) is 0 Å². The molecule has 5 heteroatoms. The Labute approximate surface area is 129 Å². The van der Waals surface area contributed by atoms with Crippen LogP contribution < -0.4 is 14.8 Å². The molecule has 1 aromatic carbocycles. The lowest BCUT2D eigenvalue weighted by Crippen LogP contribution is -2.18. The lowest BCUT2D eigenvalue weighted by atomic mass is 10.2. The normalized spacial score (nSPS) is 10.9. The molecule has 0 aromatic heterocycles. The fourth-order valence-electron chi connectivity index (χ4n) is 1.74. The van der Waals surface area contributed by atoms with E-state index in [1.165, 1.54) is 0 Å². The molecule has 0 saturated carbocycles. The van der Waals surface area contributed by atoms with Crippen LogP contribution in [0.2, 0.25) is 0 Å². The van der Waals surface area contributed by atoms with Crippen LogP contribution in [0.1, 0.15) is 26.3 Å². The van der Waals surface area contributed by atoms with Crippen LogP contribution in [0.15, 0.2) is 16.6 Å². The number of benzene rings is 1. The summed E-state index contributed by atoms with van der Waals surface area (Å²) in [5.41, 5.74) is 1.15. The molecular weight excluding hydrogens is 322 g/mol. The van der Waals surface area contributed by atoms with Gasteiger partial charge in [-0.25, -0.2) is 0 Å². The lowest BCUT2D eigenvalue weighted by molar-refractivity contribution is 0.199. The molecule has 0 unspecified atom stereocenters. The second-order valence-corrected chi connectivity index (χ2v) is 5.53. The van der Waals surface area contributed by atoms with Gasteiger partial charge >= 0.3 is 0 Å². The van der Waals surface area contributed by atoms with Crippen molar-refractivity contribution in [2.75, 3.05) is 26.9 Å². The average molecular weight is 346 g/mol. The molecule has 0 aliphatic heterocycles. The van der Waals surface area contributed by atoms with Crippen LogP contribution in [0, 0.1) is 0 Å². The molecule has 4 nitrogen and oxygen atoms in total. The van der Waals surface area contributed by atoms with E-state index in [2.05, 4.69) is 27.3 Å². The summed E-state index contributed by atoms with van der Waals surface area (Å²) in [5, 5.41) is 3.32. The van der Waals surface area contributed by atoms with Gasteiger partial charge in [-0.1, -0.05) is 0 Å². The number of methoxy groups -OCH3 is 1. The average Bonchev–Trinajstić information content (AvgIpc) is 2.39. The Morgan fingerprint density at radius 1 is 1.30 bits per heavy atom. The quantitative estimate of drug-likeness (QED) is 0.696. The second-order valence-electron chi connectivity index (χ2n) is 4.67. The molecule has 0 radical (unpaired) electrons. The molecule has 0 aliphatic rings. The van der Waals surface area contributed by atoms with E-state index in [1.807, 2.05) is 26.8 Å². The molecule has 0 aliphatic carbocycles. The third-order valence-corrected chi connectivity index (χ3v) is 3.12. The van der Waals surface area contributed by atoms with E-state index >= 15 is 0 Å². The molecule has 0 heterocycles. The summed E-state index contributed by atoms with van der Waals surface area (Å²) in [5.74, 6) is 1.54. The third-order valence-electron chi connectivity index (χ3n) is 2.53. The maximum Gasteiger partial charge on any atom is 0.175 e. The minimum absolute atomic E-state index is 0.108. The molecule has 0 spiro atoms. The lowest BCUT2D eigenvalue weighted by Gasteiger charge is -2.17. The molecule has 0 saturated heterocycles. The van der Waals surface area contributed by atoms with Crippen molar-refractivity contribution in [3.05, 3.63) is 22.2 Å². The van der Waals surface area contributed by atoms with Gasteiger partial charge in [-0.3, -0.25) is 0 Å². The number of hydrogen-bond acceptors (Lipinski definition) is 4. The molecule has 1 N–H and O–H groups in total. The molecule has 114 valence electrons. The summed E-state index contributed by atoms with van der Waals surface area (Å²) in [6.07, 6.45) is 0.108. The molecule has 0 atom stereocenters. The predicted molar refractivity (Wildman–Crippen MR) is 84.7 cm³/mol. The molecule has 1 aromatic rings. The van der Waals surface area contributed by atoms with Gasteiger partial charge in [0.05, 0.1) is 23.8 Å². The first-order chi connectivity index (χ1) is 9.58. The van der Waals surface area contributed by atoms with Crippen LogP contribution in [0.5, 0.6) is 11.5 Å². The van der Waals surface area contributed by atoms with Gasteiger partial charge in [0.15, 0.2) is 11.5 Å². The van der Waals surface area contributed by atoms with E-state index in [0.717, 1.165) is 34.6 Å². The van der Waals surface area contributed by atoms with Crippen LogP contribution in [0.3, 0.4) is 0 Å². The van der Waals surface area contributed by atoms with Gasteiger partial charge in [0, 0.05) is 20.2 Å². The number of rotatable bonds is 9. The number of ether oxygens (including phenoxy) is 3. The minimum atomic E-state index is 0.108. The molecular formula is C15H24BrNO3. The van der Waals surface area contributed by atoms with Crippen molar-refractivity contribution < 1.29 is 14.2 Å². The van der Waals surface area contributed by atoms with Crippen molar-refractivity contribution in [1.82, 2.24) is 5.32 Å². The first-order valence-corrected chi connectivity index (χ1v) is 7.69. The molecule has 0 amide bonds. The fraction of sp³-hybridized carbons (Fsp3) is 0.600. The van der Waals surface area contributed by atoms with Crippen molar-refractivity contribution in [2.45, 2.75) is 33.4 Å². The Hall–Kier alpha value is -0.780. The highest BCUT2D eigenvalue weighted by Crippen LogP contribution is 2.37. The van der Waals surface area contributed by atoms with Crippen molar-refractivity contribution in [3.63, 3.8) is 0 Å². The van der Waals surface area contributed by atoms with E-state index in [4.69, 9.17) is 14.2 Å². The van der Waals surface area contributed by atoms with Crippen LogP contribution >= 0.6 is 15.9 Å². The molecule has 0 bridgehead atoms. The Morgan fingerprint density at radius 3 is 2.65 bits per heavy atom. The highest BCUT2D eigenvalue weighted by Gasteiger charge is 2.13. The molecule has 20 heavy (non-hydrogen) atoms. The van der Waals surface area contributed by atoms with Crippen molar-refractivity contribution in [2.24, 2.45) is 0 Å². The maximum absolute atomic E-state index is 5.81. The van der Waals surface area contributed by atoms with Crippen molar-refractivity contribution in [1.29, 1.82) is 0 Å². The first-order valence-electron chi connectivity index (χ1n) is 6.90. The summed E-state index contributed by atoms with van der Waals surface area (Å²) in [7, 11) is 1.70. The monoisotopic (exact) mass is 345 g/mol. The number of halogens is 1. The van der Waals surface area contributed by atoms with Gasteiger partial charge in [-0.2, -0.15) is 0 Å². The summed E-state index contributed by atoms with van der Waals surface area (Å²) in [6, 6.07) is 4.08. The zero-order chi connectivity index (χ0) is 15.0. The maximum atomic E-state index is 5.81. The number of hydrogen-bond donors (Lipinski definition) is 1. The van der Waals surface area contributed by atoms with E-state index in [1.54, 1.807) is 7.11 Å². The number of nitrogens with one attached hydrogen (secondary N) is 1. The molecule has 0 fully saturated rings. The van der Waals surface area contributed by atoms with Crippen LogP contribution in [-0.2, 0) is 11.3 Å². The summed E-state index contributed by atoms with van der Waals surface area (Å²) >= 11 is 3.56. The topological polar surface area (TPSA) is 39.7 Å². The Balaban J connectivity index is 2.83. The van der Waals surface area contributed by atoms with Crippen LogP contribution in [-0.4, -0.2) is 33.0 Å². The highest BCUT2D eigenvalue weighted by atomic mass is 79.9. The smallest absolute Gasteiger partial charge is 0.175 e.